The number of carbonyl (C=O) groups is 3. The number of urea groups is 1. The lowest BCUT2D eigenvalue weighted by atomic mass is 9.91. The second-order valence-corrected chi connectivity index (χ2v) is 8.11. The summed E-state index contributed by atoms with van der Waals surface area (Å²) in [5.41, 5.74) is -0.234. The number of nitrogens with one attached hydrogen (secondary N) is 1. The zero-order valence-electron chi connectivity index (χ0n) is 18.4. The fraction of sp³-hybridized carbons (Fsp3) is 0.348. The summed E-state index contributed by atoms with van der Waals surface area (Å²) < 4.78 is 38.6. The molecule has 0 aromatic heterocycles. The Kier molecular flexibility index (Phi) is 5.69. The molecule has 1 atom stereocenters. The molecule has 10 heteroatoms. The molecular weight excluding hydrogens is 436 g/mol. The predicted octanol–water partition coefficient (Wildman–Crippen LogP) is 2.33. The highest BCUT2D eigenvalue weighted by Crippen LogP contribution is 2.34. The van der Waals surface area contributed by atoms with E-state index in [0.717, 1.165) is 34.2 Å². The van der Waals surface area contributed by atoms with Crippen molar-refractivity contribution in [3.05, 3.63) is 58.7 Å². The van der Waals surface area contributed by atoms with Gasteiger partial charge < -0.3 is 19.7 Å². The van der Waals surface area contributed by atoms with E-state index in [0.29, 0.717) is 24.5 Å². The number of ether oxygens (including phenoxy) is 2. The standard InChI is InChI=1S/C23H23F2N3O5/c1-23(16-10-15(24)4-5-17(16)25)21(30)28(22(31)26-23)12-20(29)27-7-6-13-8-18(32-2)19(33-3)9-14(13)11-27/h4-5,8-10H,6-7,11-12H2,1-3H3,(H,26,31)/t23-/m0/s1. The SMILES string of the molecule is COc1cc2c(cc1OC)CN(C(=O)CN1C(=O)N[C@@](C)(c3cc(F)ccc3F)C1=O)CC2. The summed E-state index contributed by atoms with van der Waals surface area (Å²) in [6.07, 6.45) is 0.563. The molecule has 2 aliphatic rings. The molecule has 2 heterocycles. The molecule has 2 aromatic carbocycles. The summed E-state index contributed by atoms with van der Waals surface area (Å²) in [5.74, 6) is -1.72. The Bertz CT molecular complexity index is 1160. The van der Waals surface area contributed by atoms with Crippen molar-refractivity contribution in [1.29, 1.82) is 0 Å². The molecule has 2 aromatic rings. The lowest BCUT2D eigenvalue weighted by molar-refractivity contribution is -0.139. The van der Waals surface area contributed by atoms with Crippen LogP contribution in [0.5, 0.6) is 11.5 Å². The number of fused-ring (bicyclic) bond motifs is 1. The molecule has 0 saturated carbocycles. The topological polar surface area (TPSA) is 88.2 Å². The Hall–Kier alpha value is -3.69. The third-order valence-corrected chi connectivity index (χ3v) is 6.11. The molecule has 174 valence electrons. The van der Waals surface area contributed by atoms with Crippen molar-refractivity contribution in [3.8, 4) is 11.5 Å². The average molecular weight is 459 g/mol. The van der Waals surface area contributed by atoms with E-state index in [1.807, 2.05) is 6.07 Å². The lowest BCUT2D eigenvalue weighted by Crippen LogP contribution is -2.46. The number of methoxy groups -OCH3 is 2. The van der Waals surface area contributed by atoms with Crippen molar-refractivity contribution in [2.75, 3.05) is 27.3 Å². The predicted molar refractivity (Wildman–Crippen MR) is 113 cm³/mol. The van der Waals surface area contributed by atoms with Gasteiger partial charge in [-0.05, 0) is 54.8 Å². The van der Waals surface area contributed by atoms with E-state index in [1.54, 1.807) is 13.2 Å². The minimum atomic E-state index is -1.82. The molecule has 0 aliphatic carbocycles. The van der Waals surface area contributed by atoms with Crippen molar-refractivity contribution < 1.29 is 32.6 Å². The largest absolute Gasteiger partial charge is 0.493 e. The quantitative estimate of drug-likeness (QED) is 0.694. The molecule has 33 heavy (non-hydrogen) atoms. The first-order valence-electron chi connectivity index (χ1n) is 10.3. The van der Waals surface area contributed by atoms with Gasteiger partial charge in [0, 0.05) is 18.7 Å². The first-order valence-corrected chi connectivity index (χ1v) is 10.3. The van der Waals surface area contributed by atoms with E-state index in [1.165, 1.54) is 18.9 Å². The molecule has 8 nitrogen and oxygen atoms in total. The van der Waals surface area contributed by atoms with Crippen LogP contribution in [0.25, 0.3) is 0 Å². The smallest absolute Gasteiger partial charge is 0.325 e. The van der Waals surface area contributed by atoms with Crippen molar-refractivity contribution in [1.82, 2.24) is 15.1 Å². The Morgan fingerprint density at radius 3 is 2.42 bits per heavy atom. The number of hydrogen-bond donors (Lipinski definition) is 1. The van der Waals surface area contributed by atoms with Gasteiger partial charge in [0.25, 0.3) is 5.91 Å². The number of rotatable bonds is 5. The summed E-state index contributed by atoms with van der Waals surface area (Å²) in [5, 5.41) is 2.40. The van der Waals surface area contributed by atoms with Crippen molar-refractivity contribution in [2.24, 2.45) is 0 Å². The fourth-order valence-corrected chi connectivity index (χ4v) is 4.24. The Morgan fingerprint density at radius 1 is 1.09 bits per heavy atom. The molecular formula is C23H23F2N3O5. The van der Waals surface area contributed by atoms with Gasteiger partial charge in [-0.1, -0.05) is 0 Å². The maximum Gasteiger partial charge on any atom is 0.325 e. The van der Waals surface area contributed by atoms with Gasteiger partial charge in [-0.3, -0.25) is 14.5 Å². The number of carbonyl (C=O) groups excluding carboxylic acids is 3. The molecule has 1 fully saturated rings. The van der Waals surface area contributed by atoms with E-state index in [2.05, 4.69) is 5.32 Å². The van der Waals surface area contributed by atoms with Crippen LogP contribution in [0.2, 0.25) is 0 Å². The summed E-state index contributed by atoms with van der Waals surface area (Å²) in [6, 6.07) is 5.49. The van der Waals surface area contributed by atoms with Crippen molar-refractivity contribution in [2.45, 2.75) is 25.4 Å². The maximum absolute atomic E-state index is 14.3. The average Bonchev–Trinajstić information content (AvgIpc) is 3.02. The summed E-state index contributed by atoms with van der Waals surface area (Å²) in [7, 11) is 3.07. The van der Waals surface area contributed by atoms with Gasteiger partial charge in [0.15, 0.2) is 11.5 Å². The number of hydrogen-bond acceptors (Lipinski definition) is 5. The molecule has 0 unspecified atom stereocenters. The zero-order valence-corrected chi connectivity index (χ0v) is 18.4. The van der Waals surface area contributed by atoms with Gasteiger partial charge in [0.1, 0.15) is 23.7 Å². The van der Waals surface area contributed by atoms with Gasteiger partial charge in [-0.2, -0.15) is 0 Å². The summed E-state index contributed by atoms with van der Waals surface area (Å²) in [6.45, 7) is 1.43. The van der Waals surface area contributed by atoms with E-state index in [-0.39, 0.29) is 12.1 Å². The number of benzene rings is 2. The maximum atomic E-state index is 14.3. The van der Waals surface area contributed by atoms with Crippen molar-refractivity contribution in [3.63, 3.8) is 0 Å². The third kappa shape index (κ3) is 3.85. The summed E-state index contributed by atoms with van der Waals surface area (Å²) >= 11 is 0. The van der Waals surface area contributed by atoms with Crippen LogP contribution >= 0.6 is 0 Å². The first kappa shape index (κ1) is 22.5. The highest BCUT2D eigenvalue weighted by Gasteiger charge is 2.51. The fourth-order valence-electron chi connectivity index (χ4n) is 4.24. The van der Waals surface area contributed by atoms with Crippen LogP contribution in [0, 0.1) is 11.6 Å². The first-order chi connectivity index (χ1) is 15.7. The number of nitrogens with zero attached hydrogens (tertiary/aromatic N) is 2. The van der Waals surface area contributed by atoms with Gasteiger partial charge in [-0.15, -0.1) is 0 Å². The van der Waals surface area contributed by atoms with Gasteiger partial charge >= 0.3 is 6.03 Å². The van der Waals surface area contributed by atoms with E-state index in [9.17, 15) is 23.2 Å². The highest BCUT2D eigenvalue weighted by molar-refractivity contribution is 6.09. The lowest BCUT2D eigenvalue weighted by Gasteiger charge is -2.30. The van der Waals surface area contributed by atoms with E-state index >= 15 is 0 Å². The number of imide groups is 1. The molecule has 0 spiro atoms. The minimum absolute atomic E-state index is 0.272. The molecule has 0 radical (unpaired) electrons. The van der Waals surface area contributed by atoms with Crippen LogP contribution in [0.4, 0.5) is 13.6 Å². The Morgan fingerprint density at radius 2 is 1.76 bits per heavy atom. The normalized spacial score (nSPS) is 19.9. The van der Waals surface area contributed by atoms with Crippen LogP contribution in [0.1, 0.15) is 23.6 Å². The molecule has 4 rings (SSSR count). The molecule has 1 N–H and O–H groups in total. The van der Waals surface area contributed by atoms with E-state index in [4.69, 9.17) is 9.47 Å². The second-order valence-electron chi connectivity index (χ2n) is 8.11. The van der Waals surface area contributed by atoms with E-state index < -0.39 is 41.6 Å². The molecule has 4 amide bonds. The number of halogens is 2. The van der Waals surface area contributed by atoms with Gasteiger partial charge in [0.2, 0.25) is 5.91 Å². The minimum Gasteiger partial charge on any atom is -0.493 e. The van der Waals surface area contributed by atoms with Crippen LogP contribution in [0.15, 0.2) is 30.3 Å². The second kappa shape index (κ2) is 8.34. The van der Waals surface area contributed by atoms with Crippen LogP contribution in [0.3, 0.4) is 0 Å². The Labute approximate surface area is 189 Å². The van der Waals surface area contributed by atoms with Crippen LogP contribution in [-0.4, -0.2) is 55.0 Å². The molecule has 2 aliphatic heterocycles. The summed E-state index contributed by atoms with van der Waals surface area (Å²) in [4.78, 5) is 40.8. The monoisotopic (exact) mass is 459 g/mol. The van der Waals surface area contributed by atoms with Crippen LogP contribution < -0.4 is 14.8 Å². The molecule has 1 saturated heterocycles. The van der Waals surface area contributed by atoms with Crippen molar-refractivity contribution >= 4 is 17.8 Å². The van der Waals surface area contributed by atoms with Gasteiger partial charge in [-0.25, -0.2) is 13.6 Å². The van der Waals surface area contributed by atoms with Crippen LogP contribution in [-0.2, 0) is 28.1 Å². The highest BCUT2D eigenvalue weighted by atomic mass is 19.1. The molecule has 0 bridgehead atoms. The Balaban J connectivity index is 1.52. The third-order valence-electron chi connectivity index (χ3n) is 6.11. The zero-order chi connectivity index (χ0) is 23.9. The number of amides is 4. The van der Waals surface area contributed by atoms with Gasteiger partial charge in [0.05, 0.1) is 14.2 Å².